The number of hydrogen-bond acceptors (Lipinski definition) is 4. The molecule has 0 radical (unpaired) electrons. The number of aliphatic hydroxyl groups is 2. The molecule has 0 amide bonds. The van der Waals surface area contributed by atoms with Crippen LogP contribution in [0.15, 0.2) is 78.9 Å². The van der Waals surface area contributed by atoms with Crippen LogP contribution in [-0.4, -0.2) is 30.0 Å². The standard InChI is InChI=1S/C24H26N2O2/c1-18-12-13-21-22(14-18)26(16-24(28)20-10-6-3-7-11-20)17-25(21)15-23(27)19-8-4-2-5-9-19/h2-14,23-24,27-28H,15-17H2,1H3. The zero-order chi connectivity index (χ0) is 19.5. The van der Waals surface area contributed by atoms with Crippen LogP contribution in [0, 0.1) is 6.92 Å². The van der Waals surface area contributed by atoms with E-state index in [2.05, 4.69) is 34.9 Å². The van der Waals surface area contributed by atoms with Gasteiger partial charge in [0, 0.05) is 13.1 Å². The van der Waals surface area contributed by atoms with Crippen LogP contribution in [0.4, 0.5) is 11.4 Å². The van der Waals surface area contributed by atoms with Crippen LogP contribution in [0.3, 0.4) is 0 Å². The van der Waals surface area contributed by atoms with E-state index >= 15 is 0 Å². The van der Waals surface area contributed by atoms with Gasteiger partial charge in [-0.2, -0.15) is 0 Å². The molecule has 0 aromatic heterocycles. The summed E-state index contributed by atoms with van der Waals surface area (Å²) in [6, 6.07) is 25.9. The lowest BCUT2D eigenvalue weighted by Gasteiger charge is -2.26. The van der Waals surface area contributed by atoms with Crippen molar-refractivity contribution in [2.75, 3.05) is 29.6 Å². The molecule has 2 N–H and O–H groups in total. The molecule has 3 aromatic carbocycles. The van der Waals surface area contributed by atoms with E-state index in [0.717, 1.165) is 22.5 Å². The second-order valence-corrected chi connectivity index (χ2v) is 7.43. The topological polar surface area (TPSA) is 46.9 Å². The molecule has 0 spiro atoms. The fourth-order valence-electron chi connectivity index (χ4n) is 3.80. The summed E-state index contributed by atoms with van der Waals surface area (Å²) >= 11 is 0. The highest BCUT2D eigenvalue weighted by Crippen LogP contribution is 2.38. The largest absolute Gasteiger partial charge is 0.387 e. The molecule has 0 bridgehead atoms. The van der Waals surface area contributed by atoms with Gasteiger partial charge in [0.15, 0.2) is 0 Å². The summed E-state index contributed by atoms with van der Waals surface area (Å²) in [6.07, 6.45) is -1.12. The minimum absolute atomic E-state index is 0.512. The predicted octanol–water partition coefficient (Wildman–Crippen LogP) is 4.05. The molecular weight excluding hydrogens is 348 g/mol. The molecule has 1 aliphatic rings. The van der Waals surface area contributed by atoms with Crippen molar-refractivity contribution < 1.29 is 10.2 Å². The number of benzene rings is 3. The second kappa shape index (κ2) is 8.05. The second-order valence-electron chi connectivity index (χ2n) is 7.43. The summed E-state index contributed by atoms with van der Waals surface area (Å²) in [6.45, 7) is 3.75. The van der Waals surface area contributed by atoms with Gasteiger partial charge in [-0.1, -0.05) is 66.7 Å². The molecule has 144 valence electrons. The molecule has 3 aromatic rings. The minimum atomic E-state index is -0.562. The Kier molecular flexibility index (Phi) is 5.33. The maximum atomic E-state index is 10.7. The smallest absolute Gasteiger partial charge is 0.0965 e. The van der Waals surface area contributed by atoms with Gasteiger partial charge in [-0.05, 0) is 35.7 Å². The maximum absolute atomic E-state index is 10.7. The number of fused-ring (bicyclic) bond motifs is 1. The molecule has 28 heavy (non-hydrogen) atoms. The van der Waals surface area contributed by atoms with E-state index < -0.39 is 12.2 Å². The van der Waals surface area contributed by atoms with Crippen molar-refractivity contribution in [1.29, 1.82) is 0 Å². The predicted molar refractivity (Wildman–Crippen MR) is 114 cm³/mol. The maximum Gasteiger partial charge on any atom is 0.0965 e. The van der Waals surface area contributed by atoms with Crippen LogP contribution in [0.2, 0.25) is 0 Å². The lowest BCUT2D eigenvalue weighted by Crippen LogP contribution is -2.35. The summed E-state index contributed by atoms with van der Waals surface area (Å²) in [7, 11) is 0. The Hall–Kier alpha value is -2.82. The zero-order valence-corrected chi connectivity index (χ0v) is 16.1. The summed E-state index contributed by atoms with van der Waals surface area (Å²) in [4.78, 5) is 4.38. The van der Waals surface area contributed by atoms with E-state index in [1.807, 2.05) is 60.7 Å². The zero-order valence-electron chi connectivity index (χ0n) is 16.1. The molecule has 1 aliphatic heterocycles. The van der Waals surface area contributed by atoms with Crippen molar-refractivity contribution in [3.05, 3.63) is 95.6 Å². The minimum Gasteiger partial charge on any atom is -0.387 e. The summed E-state index contributed by atoms with van der Waals surface area (Å²) < 4.78 is 0. The van der Waals surface area contributed by atoms with Gasteiger partial charge in [0.05, 0.1) is 30.3 Å². The number of aliphatic hydroxyl groups excluding tert-OH is 2. The average Bonchev–Trinajstić information content (AvgIpc) is 3.05. The molecule has 0 aliphatic carbocycles. The Labute approximate surface area is 166 Å². The summed E-state index contributed by atoms with van der Waals surface area (Å²) in [5, 5.41) is 21.4. The van der Waals surface area contributed by atoms with Crippen molar-refractivity contribution in [2.45, 2.75) is 19.1 Å². The first-order valence-corrected chi connectivity index (χ1v) is 9.68. The Bertz CT molecular complexity index is 914. The summed E-state index contributed by atoms with van der Waals surface area (Å²) in [5.74, 6) is 0. The Morgan fingerprint density at radius 2 is 1.21 bits per heavy atom. The van der Waals surface area contributed by atoms with E-state index in [0.29, 0.717) is 19.8 Å². The third kappa shape index (κ3) is 3.88. The Morgan fingerprint density at radius 1 is 0.714 bits per heavy atom. The van der Waals surface area contributed by atoms with E-state index in [9.17, 15) is 10.2 Å². The highest BCUT2D eigenvalue weighted by Gasteiger charge is 2.29. The molecule has 0 fully saturated rings. The van der Waals surface area contributed by atoms with Crippen molar-refractivity contribution in [3.63, 3.8) is 0 Å². The highest BCUT2D eigenvalue weighted by atomic mass is 16.3. The molecule has 4 nitrogen and oxygen atoms in total. The molecular formula is C24H26N2O2. The highest BCUT2D eigenvalue weighted by molar-refractivity contribution is 5.77. The Morgan fingerprint density at radius 3 is 1.75 bits per heavy atom. The van der Waals surface area contributed by atoms with Crippen molar-refractivity contribution in [2.24, 2.45) is 0 Å². The molecule has 2 atom stereocenters. The molecule has 1 heterocycles. The molecule has 2 unspecified atom stereocenters. The number of anilines is 2. The van der Waals surface area contributed by atoms with Crippen LogP contribution in [0.25, 0.3) is 0 Å². The van der Waals surface area contributed by atoms with E-state index in [1.165, 1.54) is 5.56 Å². The van der Waals surface area contributed by atoms with Gasteiger partial charge in [0.25, 0.3) is 0 Å². The van der Waals surface area contributed by atoms with Crippen LogP contribution in [0.5, 0.6) is 0 Å². The van der Waals surface area contributed by atoms with Crippen molar-refractivity contribution in [1.82, 2.24) is 0 Å². The molecule has 4 rings (SSSR count). The van der Waals surface area contributed by atoms with Crippen molar-refractivity contribution in [3.8, 4) is 0 Å². The van der Waals surface area contributed by atoms with Crippen LogP contribution < -0.4 is 9.80 Å². The first-order valence-electron chi connectivity index (χ1n) is 9.68. The average molecular weight is 374 g/mol. The van der Waals surface area contributed by atoms with Gasteiger partial charge < -0.3 is 20.0 Å². The van der Waals surface area contributed by atoms with Crippen LogP contribution in [-0.2, 0) is 0 Å². The fraction of sp³-hybridized carbons (Fsp3) is 0.250. The van der Waals surface area contributed by atoms with Crippen LogP contribution in [0.1, 0.15) is 28.9 Å². The number of hydrogen-bond donors (Lipinski definition) is 2. The quantitative estimate of drug-likeness (QED) is 0.683. The first-order chi connectivity index (χ1) is 13.6. The van der Waals surface area contributed by atoms with Gasteiger partial charge >= 0.3 is 0 Å². The first kappa shape index (κ1) is 18.5. The number of aryl methyl sites for hydroxylation is 1. The number of nitrogens with zero attached hydrogens (tertiary/aromatic N) is 2. The van der Waals surface area contributed by atoms with Crippen LogP contribution >= 0.6 is 0 Å². The lowest BCUT2D eigenvalue weighted by atomic mass is 10.1. The van der Waals surface area contributed by atoms with E-state index in [4.69, 9.17) is 0 Å². The van der Waals surface area contributed by atoms with E-state index in [1.54, 1.807) is 0 Å². The SMILES string of the molecule is Cc1ccc2c(c1)N(CC(O)c1ccccc1)CN2CC(O)c1ccccc1. The van der Waals surface area contributed by atoms with Gasteiger partial charge in [-0.15, -0.1) is 0 Å². The van der Waals surface area contributed by atoms with Crippen molar-refractivity contribution >= 4 is 11.4 Å². The number of rotatable bonds is 6. The molecule has 4 heteroatoms. The Balaban J connectivity index is 1.54. The lowest BCUT2D eigenvalue weighted by molar-refractivity contribution is 0.179. The summed E-state index contributed by atoms with van der Waals surface area (Å²) in [5.41, 5.74) is 5.22. The van der Waals surface area contributed by atoms with Gasteiger partial charge in [0.1, 0.15) is 0 Å². The van der Waals surface area contributed by atoms with Gasteiger partial charge in [0.2, 0.25) is 0 Å². The van der Waals surface area contributed by atoms with Gasteiger partial charge in [-0.25, -0.2) is 0 Å². The number of β-amino-alcohol motifs (C(OH)–C–C–N with tert-alkyl or cyclic N) is 2. The van der Waals surface area contributed by atoms with E-state index in [-0.39, 0.29) is 0 Å². The molecule has 0 saturated carbocycles. The molecule has 0 saturated heterocycles. The third-order valence-electron chi connectivity index (χ3n) is 5.31. The monoisotopic (exact) mass is 374 g/mol. The fourth-order valence-corrected chi connectivity index (χ4v) is 3.80. The van der Waals surface area contributed by atoms with Gasteiger partial charge in [-0.3, -0.25) is 0 Å². The normalized spacial score (nSPS) is 15.4. The third-order valence-corrected chi connectivity index (χ3v) is 5.31.